The van der Waals surface area contributed by atoms with Crippen molar-refractivity contribution in [2.45, 2.75) is 13.0 Å². The van der Waals surface area contributed by atoms with E-state index in [1.165, 1.54) is 0 Å². The Bertz CT molecular complexity index is 1010. The summed E-state index contributed by atoms with van der Waals surface area (Å²) in [6.45, 7) is 0.460. The topological polar surface area (TPSA) is 34.9 Å². The summed E-state index contributed by atoms with van der Waals surface area (Å²) in [5, 5.41) is 4.64. The lowest BCUT2D eigenvalue weighted by atomic mass is 10.0. The fourth-order valence-corrected chi connectivity index (χ4v) is 3.15. The van der Waals surface area contributed by atoms with Crippen LogP contribution in [0.5, 0.6) is 0 Å². The Morgan fingerprint density at radius 3 is 1.89 bits per heavy atom. The third kappa shape index (κ3) is 4.04. The van der Waals surface area contributed by atoms with Crippen LogP contribution in [0.1, 0.15) is 16.7 Å². The molecule has 4 rings (SSSR count). The van der Waals surface area contributed by atoms with E-state index in [-0.39, 0.29) is 5.56 Å². The number of aromatic nitrogens is 2. The average molecular weight is 352 g/mol. The second-order valence-electron chi connectivity index (χ2n) is 6.53. The quantitative estimate of drug-likeness (QED) is 0.528. The Morgan fingerprint density at radius 1 is 0.704 bits per heavy atom. The number of benzene rings is 3. The highest BCUT2D eigenvalue weighted by molar-refractivity contribution is 5.59. The fourth-order valence-electron chi connectivity index (χ4n) is 3.15. The minimum Gasteiger partial charge on any atom is -0.267 e. The van der Waals surface area contributed by atoms with Gasteiger partial charge in [-0.05, 0) is 17.2 Å². The summed E-state index contributed by atoms with van der Waals surface area (Å²) in [7, 11) is 0. The summed E-state index contributed by atoms with van der Waals surface area (Å²) in [4.78, 5) is 13.1. The van der Waals surface area contributed by atoms with Crippen molar-refractivity contribution < 1.29 is 0 Å². The van der Waals surface area contributed by atoms with Gasteiger partial charge >= 0.3 is 0 Å². The molecule has 0 N–H and O–H groups in total. The van der Waals surface area contributed by atoms with E-state index in [9.17, 15) is 4.79 Å². The molecule has 3 heteroatoms. The Morgan fingerprint density at radius 2 is 1.26 bits per heavy atom. The predicted molar refractivity (Wildman–Crippen MR) is 109 cm³/mol. The zero-order valence-corrected chi connectivity index (χ0v) is 15.0. The van der Waals surface area contributed by atoms with Crippen LogP contribution in [0.15, 0.2) is 102 Å². The molecule has 4 aromatic rings. The Hall–Kier alpha value is -3.46. The maximum atomic E-state index is 13.1. The minimum absolute atomic E-state index is 0.0395. The summed E-state index contributed by atoms with van der Waals surface area (Å²) < 4.78 is 1.58. The Balaban J connectivity index is 1.79. The lowest BCUT2D eigenvalue weighted by Gasteiger charge is -2.11. The van der Waals surface area contributed by atoms with Gasteiger partial charge in [0.2, 0.25) is 0 Å². The molecule has 0 unspecified atom stereocenters. The molecule has 0 bridgehead atoms. The molecular formula is C24H20N2O. The predicted octanol–water partition coefficient (Wildman–Crippen LogP) is 4.55. The first-order chi connectivity index (χ1) is 13.3. The lowest BCUT2D eigenvalue weighted by Crippen LogP contribution is -2.27. The van der Waals surface area contributed by atoms with Gasteiger partial charge in [-0.25, -0.2) is 4.68 Å². The highest BCUT2D eigenvalue weighted by Crippen LogP contribution is 2.17. The van der Waals surface area contributed by atoms with E-state index >= 15 is 0 Å². The molecule has 0 amide bonds. The van der Waals surface area contributed by atoms with Gasteiger partial charge < -0.3 is 0 Å². The molecule has 1 aromatic heterocycles. The van der Waals surface area contributed by atoms with Crippen molar-refractivity contribution in [3.63, 3.8) is 0 Å². The highest BCUT2D eigenvalue weighted by atomic mass is 16.1. The second kappa shape index (κ2) is 7.83. The molecule has 3 nitrogen and oxygen atoms in total. The standard InChI is InChI=1S/C24H20N2O/c27-24-22(16-19-10-4-1-5-11-19)17-23(21-14-8-3-9-15-21)25-26(24)18-20-12-6-2-7-13-20/h1-15,17H,16,18H2. The monoisotopic (exact) mass is 352 g/mol. The number of nitrogens with zero attached hydrogens (tertiary/aromatic N) is 2. The van der Waals surface area contributed by atoms with Crippen LogP contribution in [-0.4, -0.2) is 9.78 Å². The van der Waals surface area contributed by atoms with Crippen LogP contribution in [0.2, 0.25) is 0 Å². The summed E-state index contributed by atoms with van der Waals surface area (Å²) in [6, 6.07) is 31.9. The smallest absolute Gasteiger partial charge is 0.267 e. The highest BCUT2D eigenvalue weighted by Gasteiger charge is 2.11. The normalized spacial score (nSPS) is 10.7. The van der Waals surface area contributed by atoms with E-state index in [1.54, 1.807) is 4.68 Å². The number of rotatable bonds is 5. The van der Waals surface area contributed by atoms with Crippen LogP contribution in [-0.2, 0) is 13.0 Å². The summed E-state index contributed by atoms with van der Waals surface area (Å²) in [5.41, 5.74) is 4.72. The second-order valence-corrected chi connectivity index (χ2v) is 6.53. The Labute approximate surface area is 158 Å². The van der Waals surface area contributed by atoms with Gasteiger partial charge in [-0.2, -0.15) is 5.10 Å². The van der Waals surface area contributed by atoms with Gasteiger partial charge in [0.1, 0.15) is 0 Å². The molecule has 0 atom stereocenters. The van der Waals surface area contributed by atoms with Gasteiger partial charge in [0.25, 0.3) is 5.56 Å². The Kier molecular flexibility index (Phi) is 4.93. The fraction of sp³-hybridized carbons (Fsp3) is 0.0833. The maximum Gasteiger partial charge on any atom is 0.270 e. The summed E-state index contributed by atoms with van der Waals surface area (Å²) in [5.74, 6) is 0. The molecule has 0 saturated heterocycles. The number of hydrogen-bond donors (Lipinski definition) is 0. The van der Waals surface area contributed by atoms with Crippen molar-refractivity contribution in [3.05, 3.63) is 124 Å². The molecule has 1 heterocycles. The molecule has 27 heavy (non-hydrogen) atoms. The van der Waals surface area contributed by atoms with Gasteiger partial charge in [-0.3, -0.25) is 4.79 Å². The van der Waals surface area contributed by atoms with Gasteiger partial charge in [-0.15, -0.1) is 0 Å². The van der Waals surface area contributed by atoms with Crippen LogP contribution in [0.25, 0.3) is 11.3 Å². The van der Waals surface area contributed by atoms with E-state index in [4.69, 9.17) is 0 Å². The first kappa shape index (κ1) is 17.0. The zero-order chi connectivity index (χ0) is 18.5. The van der Waals surface area contributed by atoms with Gasteiger partial charge in [-0.1, -0.05) is 91.0 Å². The van der Waals surface area contributed by atoms with Crippen LogP contribution >= 0.6 is 0 Å². The SMILES string of the molecule is O=c1c(Cc2ccccc2)cc(-c2ccccc2)nn1Cc1ccccc1. The third-order valence-corrected chi connectivity index (χ3v) is 4.53. The summed E-state index contributed by atoms with van der Waals surface area (Å²) >= 11 is 0. The average Bonchev–Trinajstić information content (AvgIpc) is 2.73. The van der Waals surface area contributed by atoms with E-state index < -0.39 is 0 Å². The van der Waals surface area contributed by atoms with Crippen molar-refractivity contribution >= 4 is 0 Å². The van der Waals surface area contributed by atoms with Crippen molar-refractivity contribution in [3.8, 4) is 11.3 Å². The molecule has 0 saturated carbocycles. The van der Waals surface area contributed by atoms with Crippen LogP contribution in [0.4, 0.5) is 0 Å². The molecule has 0 spiro atoms. The molecule has 0 aliphatic carbocycles. The van der Waals surface area contributed by atoms with Crippen molar-refractivity contribution in [2.75, 3.05) is 0 Å². The lowest BCUT2D eigenvalue weighted by molar-refractivity contribution is 0.635. The van der Waals surface area contributed by atoms with Crippen molar-refractivity contribution in [2.24, 2.45) is 0 Å². The van der Waals surface area contributed by atoms with E-state index in [1.807, 2.05) is 97.1 Å². The van der Waals surface area contributed by atoms with Crippen LogP contribution < -0.4 is 5.56 Å². The van der Waals surface area contributed by atoms with Crippen molar-refractivity contribution in [1.82, 2.24) is 9.78 Å². The van der Waals surface area contributed by atoms with Gasteiger partial charge in [0.15, 0.2) is 0 Å². The summed E-state index contributed by atoms with van der Waals surface area (Å²) in [6.07, 6.45) is 0.594. The van der Waals surface area contributed by atoms with Crippen molar-refractivity contribution in [1.29, 1.82) is 0 Å². The number of hydrogen-bond acceptors (Lipinski definition) is 2. The largest absolute Gasteiger partial charge is 0.270 e. The molecule has 0 fully saturated rings. The first-order valence-corrected chi connectivity index (χ1v) is 9.04. The zero-order valence-electron chi connectivity index (χ0n) is 15.0. The molecule has 0 aliphatic rings. The van der Waals surface area contributed by atoms with Crippen LogP contribution in [0.3, 0.4) is 0 Å². The first-order valence-electron chi connectivity index (χ1n) is 9.04. The maximum absolute atomic E-state index is 13.1. The third-order valence-electron chi connectivity index (χ3n) is 4.53. The van der Waals surface area contributed by atoms with E-state index in [0.717, 1.165) is 27.9 Å². The van der Waals surface area contributed by atoms with E-state index in [2.05, 4.69) is 5.10 Å². The van der Waals surface area contributed by atoms with E-state index in [0.29, 0.717) is 13.0 Å². The molecule has 132 valence electrons. The van der Waals surface area contributed by atoms with Gasteiger partial charge in [0, 0.05) is 17.5 Å². The minimum atomic E-state index is -0.0395. The van der Waals surface area contributed by atoms with Crippen LogP contribution in [0, 0.1) is 0 Å². The van der Waals surface area contributed by atoms with Gasteiger partial charge in [0.05, 0.1) is 12.2 Å². The molecular weight excluding hydrogens is 332 g/mol. The molecule has 3 aromatic carbocycles. The molecule has 0 radical (unpaired) electrons. The molecule has 0 aliphatic heterocycles.